The average molecular weight is 268 g/mol. The van der Waals surface area contributed by atoms with Crippen LogP contribution in [0.25, 0.3) is 0 Å². The van der Waals surface area contributed by atoms with Crippen LogP contribution in [0.15, 0.2) is 0 Å². The highest BCUT2D eigenvalue weighted by Gasteiger charge is 2.43. The molecule has 19 heavy (non-hydrogen) atoms. The number of nitrogens with zero attached hydrogens (tertiary/aromatic N) is 1. The summed E-state index contributed by atoms with van der Waals surface area (Å²) in [7, 11) is 0. The monoisotopic (exact) mass is 268 g/mol. The van der Waals surface area contributed by atoms with Crippen molar-refractivity contribution < 1.29 is 4.74 Å². The molecule has 3 heteroatoms. The van der Waals surface area contributed by atoms with Crippen LogP contribution < -0.4 is 5.73 Å². The first kappa shape index (κ1) is 15.3. The second-order valence-corrected chi connectivity index (χ2v) is 6.85. The lowest BCUT2D eigenvalue weighted by atomic mass is 9.79. The fourth-order valence-corrected chi connectivity index (χ4v) is 4.02. The third kappa shape index (κ3) is 3.32. The van der Waals surface area contributed by atoms with Crippen molar-refractivity contribution >= 4 is 0 Å². The first-order chi connectivity index (χ1) is 9.11. The van der Waals surface area contributed by atoms with Gasteiger partial charge in [-0.1, -0.05) is 20.3 Å². The molecule has 4 unspecified atom stereocenters. The molecule has 0 bridgehead atoms. The molecule has 2 fully saturated rings. The van der Waals surface area contributed by atoms with Gasteiger partial charge in [-0.3, -0.25) is 4.90 Å². The van der Waals surface area contributed by atoms with Crippen LogP contribution in [0.3, 0.4) is 0 Å². The van der Waals surface area contributed by atoms with Crippen LogP contribution >= 0.6 is 0 Å². The standard InChI is InChI=1S/C16H32N2O/c1-4-5-15-10-16(12-17,8-9-19-15)18-11-13(2)6-7-14(18)3/h13-15H,4-12,17H2,1-3H3. The molecule has 2 aliphatic rings. The van der Waals surface area contributed by atoms with Crippen molar-refractivity contribution in [3.05, 3.63) is 0 Å². The zero-order valence-electron chi connectivity index (χ0n) is 13.0. The molecule has 2 N–H and O–H groups in total. The average Bonchev–Trinajstić information content (AvgIpc) is 2.42. The Labute approximate surface area is 118 Å². The third-order valence-electron chi connectivity index (χ3n) is 5.25. The van der Waals surface area contributed by atoms with E-state index in [9.17, 15) is 0 Å². The summed E-state index contributed by atoms with van der Waals surface area (Å²) in [6.45, 7) is 9.90. The molecule has 0 aromatic rings. The molecule has 2 aliphatic heterocycles. The lowest BCUT2D eigenvalue weighted by molar-refractivity contribution is -0.0965. The number of ether oxygens (including phenoxy) is 1. The van der Waals surface area contributed by atoms with Crippen LogP contribution in [0, 0.1) is 5.92 Å². The molecule has 0 saturated carbocycles. The molecule has 112 valence electrons. The molecular formula is C16H32N2O. The molecule has 2 heterocycles. The molecule has 0 amide bonds. The van der Waals surface area contributed by atoms with E-state index in [4.69, 9.17) is 10.5 Å². The van der Waals surface area contributed by atoms with Crippen LogP contribution in [0.5, 0.6) is 0 Å². The van der Waals surface area contributed by atoms with E-state index in [1.54, 1.807) is 0 Å². The quantitative estimate of drug-likeness (QED) is 0.852. The summed E-state index contributed by atoms with van der Waals surface area (Å²) in [6, 6.07) is 0.681. The SMILES string of the molecule is CCCC1CC(CN)(N2CC(C)CCC2C)CCO1. The van der Waals surface area contributed by atoms with E-state index < -0.39 is 0 Å². The molecule has 0 aromatic carbocycles. The first-order valence-corrected chi connectivity index (χ1v) is 8.19. The number of hydrogen-bond donors (Lipinski definition) is 1. The summed E-state index contributed by atoms with van der Waals surface area (Å²) in [5, 5.41) is 0. The summed E-state index contributed by atoms with van der Waals surface area (Å²) in [4.78, 5) is 2.73. The predicted octanol–water partition coefficient (Wildman–Crippen LogP) is 2.78. The predicted molar refractivity (Wildman–Crippen MR) is 80.2 cm³/mol. The van der Waals surface area contributed by atoms with Gasteiger partial charge in [0.1, 0.15) is 0 Å². The van der Waals surface area contributed by atoms with E-state index in [1.165, 1.54) is 32.2 Å². The largest absolute Gasteiger partial charge is 0.378 e. The first-order valence-electron chi connectivity index (χ1n) is 8.19. The fourth-order valence-electron chi connectivity index (χ4n) is 4.02. The summed E-state index contributed by atoms with van der Waals surface area (Å²) < 4.78 is 5.95. The van der Waals surface area contributed by atoms with Gasteiger partial charge < -0.3 is 10.5 Å². The lowest BCUT2D eigenvalue weighted by Gasteiger charge is -2.53. The van der Waals surface area contributed by atoms with E-state index in [1.807, 2.05) is 0 Å². The van der Waals surface area contributed by atoms with Crippen molar-refractivity contribution in [1.82, 2.24) is 4.90 Å². The van der Waals surface area contributed by atoms with Crippen molar-refractivity contribution in [3.63, 3.8) is 0 Å². The second kappa shape index (κ2) is 6.55. The van der Waals surface area contributed by atoms with Gasteiger partial charge in [0.05, 0.1) is 6.10 Å². The summed E-state index contributed by atoms with van der Waals surface area (Å²) in [5.74, 6) is 0.812. The molecule has 2 rings (SSSR count). The van der Waals surface area contributed by atoms with E-state index in [-0.39, 0.29) is 5.54 Å². The number of rotatable bonds is 4. The van der Waals surface area contributed by atoms with Crippen LogP contribution in [-0.4, -0.2) is 42.3 Å². The highest BCUT2D eigenvalue weighted by Crippen LogP contribution is 2.37. The Kier molecular flexibility index (Phi) is 5.27. The summed E-state index contributed by atoms with van der Waals surface area (Å²) >= 11 is 0. The summed E-state index contributed by atoms with van der Waals surface area (Å²) in [6.07, 6.45) is 7.74. The van der Waals surface area contributed by atoms with Crippen LogP contribution in [0.1, 0.15) is 59.3 Å². The highest BCUT2D eigenvalue weighted by molar-refractivity contribution is 4.99. The minimum absolute atomic E-state index is 0.201. The molecule has 4 atom stereocenters. The van der Waals surface area contributed by atoms with Gasteiger partial charge >= 0.3 is 0 Å². The maximum Gasteiger partial charge on any atom is 0.0593 e. The van der Waals surface area contributed by atoms with Gasteiger partial charge in [-0.2, -0.15) is 0 Å². The van der Waals surface area contributed by atoms with E-state index in [2.05, 4.69) is 25.7 Å². The van der Waals surface area contributed by atoms with Gasteiger partial charge in [0.15, 0.2) is 0 Å². The van der Waals surface area contributed by atoms with Crippen LogP contribution in [0.2, 0.25) is 0 Å². The van der Waals surface area contributed by atoms with Crippen molar-refractivity contribution in [1.29, 1.82) is 0 Å². The molecule has 0 aliphatic carbocycles. The lowest BCUT2D eigenvalue weighted by Crippen LogP contribution is -2.63. The van der Waals surface area contributed by atoms with Gasteiger partial charge in [-0.25, -0.2) is 0 Å². The van der Waals surface area contributed by atoms with Gasteiger partial charge in [-0.15, -0.1) is 0 Å². The van der Waals surface area contributed by atoms with E-state index in [0.717, 1.165) is 31.9 Å². The van der Waals surface area contributed by atoms with Gasteiger partial charge in [0, 0.05) is 31.3 Å². The number of nitrogens with two attached hydrogens (primary N) is 1. The Morgan fingerprint density at radius 2 is 2.11 bits per heavy atom. The minimum atomic E-state index is 0.201. The second-order valence-electron chi connectivity index (χ2n) is 6.85. The molecule has 0 radical (unpaired) electrons. The fraction of sp³-hybridized carbons (Fsp3) is 1.00. The maximum atomic E-state index is 6.24. The van der Waals surface area contributed by atoms with Crippen LogP contribution in [-0.2, 0) is 4.74 Å². The van der Waals surface area contributed by atoms with Gasteiger partial charge in [0.25, 0.3) is 0 Å². The molecule has 3 nitrogen and oxygen atoms in total. The van der Waals surface area contributed by atoms with Gasteiger partial charge in [-0.05, 0) is 44.9 Å². The number of hydrogen-bond acceptors (Lipinski definition) is 3. The van der Waals surface area contributed by atoms with Gasteiger partial charge in [0.2, 0.25) is 0 Å². The Morgan fingerprint density at radius 3 is 2.79 bits per heavy atom. The topological polar surface area (TPSA) is 38.5 Å². The number of piperidine rings is 1. The normalized spacial score (nSPS) is 41.4. The van der Waals surface area contributed by atoms with Crippen molar-refractivity contribution in [2.24, 2.45) is 11.7 Å². The van der Waals surface area contributed by atoms with Crippen molar-refractivity contribution in [3.8, 4) is 0 Å². The van der Waals surface area contributed by atoms with E-state index in [0.29, 0.717) is 12.1 Å². The Morgan fingerprint density at radius 1 is 1.32 bits per heavy atom. The molecule has 0 spiro atoms. The maximum absolute atomic E-state index is 6.24. The molecule has 0 aromatic heterocycles. The zero-order chi connectivity index (χ0) is 13.9. The van der Waals surface area contributed by atoms with Crippen molar-refractivity contribution in [2.75, 3.05) is 19.7 Å². The zero-order valence-corrected chi connectivity index (χ0v) is 13.0. The molecular weight excluding hydrogens is 236 g/mol. The minimum Gasteiger partial charge on any atom is -0.378 e. The third-order valence-corrected chi connectivity index (χ3v) is 5.25. The summed E-state index contributed by atoms with van der Waals surface area (Å²) in [5.41, 5.74) is 6.44. The molecule has 2 saturated heterocycles. The van der Waals surface area contributed by atoms with Crippen LogP contribution in [0.4, 0.5) is 0 Å². The number of likely N-dealkylation sites (tertiary alicyclic amines) is 1. The smallest absolute Gasteiger partial charge is 0.0593 e. The Bertz CT molecular complexity index is 282. The highest BCUT2D eigenvalue weighted by atomic mass is 16.5. The van der Waals surface area contributed by atoms with Crippen molar-refractivity contribution in [2.45, 2.75) is 77.0 Å². The Hall–Kier alpha value is -0.120. The van der Waals surface area contributed by atoms with E-state index >= 15 is 0 Å². The Balaban J connectivity index is 2.11.